The maximum Gasteiger partial charge on any atom is 0.261 e. The fourth-order valence-electron chi connectivity index (χ4n) is 3.42. The summed E-state index contributed by atoms with van der Waals surface area (Å²) < 4.78 is 31.6. The molecule has 1 aliphatic heterocycles. The molecule has 0 spiro atoms. The molecule has 2 aromatic rings. The second-order valence-corrected chi connectivity index (χ2v) is 9.64. The number of anilines is 1. The van der Waals surface area contributed by atoms with Crippen molar-refractivity contribution in [1.82, 2.24) is 5.32 Å². The largest absolute Gasteiger partial charge is 0.478 e. The molecule has 3 rings (SSSR count). The van der Waals surface area contributed by atoms with Crippen molar-refractivity contribution in [2.75, 3.05) is 17.1 Å². The Morgan fingerprint density at radius 1 is 1.14 bits per heavy atom. The van der Waals surface area contributed by atoms with Crippen LogP contribution in [-0.4, -0.2) is 38.8 Å². The first-order valence-electron chi connectivity index (χ1n) is 9.25. The summed E-state index contributed by atoms with van der Waals surface area (Å²) in [7, 11) is -3.47. The first-order valence-corrected chi connectivity index (χ1v) is 11.1. The number of carbonyl (C=O) groups is 1. The van der Waals surface area contributed by atoms with Crippen LogP contribution in [0.25, 0.3) is 0 Å². The number of rotatable bonds is 5. The molecule has 0 radical (unpaired) electrons. The summed E-state index contributed by atoms with van der Waals surface area (Å²) in [6.45, 7) is 4.11. The van der Waals surface area contributed by atoms with Crippen molar-refractivity contribution in [1.29, 1.82) is 0 Å². The first kappa shape index (κ1) is 20.2. The summed E-state index contributed by atoms with van der Waals surface area (Å²) in [6, 6.07) is 16.8. The minimum atomic E-state index is -3.47. The number of amides is 1. The molecule has 1 N–H and O–H groups in total. The molecule has 0 saturated heterocycles. The monoisotopic (exact) mass is 402 g/mol. The van der Waals surface area contributed by atoms with Crippen LogP contribution in [0.5, 0.6) is 5.75 Å². The number of nitrogens with one attached hydrogen (secondary N) is 1. The number of benzene rings is 2. The summed E-state index contributed by atoms with van der Waals surface area (Å²) in [6.07, 6.45) is 1.35. The normalized spacial score (nSPS) is 17.2. The lowest BCUT2D eigenvalue weighted by Crippen LogP contribution is -2.50. The van der Waals surface area contributed by atoms with Crippen LogP contribution in [0.15, 0.2) is 54.6 Å². The maximum absolute atomic E-state index is 12.9. The Hall–Kier alpha value is -2.54. The fourth-order valence-corrected chi connectivity index (χ4v) is 4.37. The average molecular weight is 403 g/mol. The third kappa shape index (κ3) is 4.84. The molecule has 2 aromatic carbocycles. The molecule has 150 valence electrons. The van der Waals surface area contributed by atoms with Gasteiger partial charge in [0.1, 0.15) is 5.75 Å². The van der Waals surface area contributed by atoms with Crippen molar-refractivity contribution >= 4 is 21.6 Å². The van der Waals surface area contributed by atoms with Crippen LogP contribution >= 0.6 is 0 Å². The quantitative estimate of drug-likeness (QED) is 0.834. The van der Waals surface area contributed by atoms with Gasteiger partial charge >= 0.3 is 0 Å². The molecule has 1 atom stereocenters. The van der Waals surface area contributed by atoms with E-state index in [2.05, 4.69) is 5.32 Å². The first-order chi connectivity index (χ1) is 13.2. The van der Waals surface area contributed by atoms with Gasteiger partial charge in [-0.05, 0) is 38.0 Å². The number of para-hydroxylation sites is 2. The third-order valence-corrected chi connectivity index (χ3v) is 5.82. The molecular formula is C21H26N2O4S. The Balaban J connectivity index is 1.76. The Bertz CT molecular complexity index is 942. The molecule has 28 heavy (non-hydrogen) atoms. The lowest BCUT2D eigenvalue weighted by molar-refractivity contribution is -0.129. The topological polar surface area (TPSA) is 75.7 Å². The van der Waals surface area contributed by atoms with Crippen molar-refractivity contribution in [3.05, 3.63) is 60.2 Å². The van der Waals surface area contributed by atoms with Gasteiger partial charge in [-0.1, -0.05) is 42.5 Å². The van der Waals surface area contributed by atoms with Crippen LogP contribution in [0, 0.1) is 0 Å². The van der Waals surface area contributed by atoms with Gasteiger partial charge in [0, 0.05) is 18.5 Å². The molecule has 0 aliphatic carbocycles. The number of ether oxygens (including phenoxy) is 1. The lowest BCUT2D eigenvalue weighted by Gasteiger charge is -2.29. The van der Waals surface area contributed by atoms with Crippen molar-refractivity contribution in [3.8, 4) is 5.75 Å². The number of nitrogens with zero attached hydrogens (tertiary/aromatic N) is 1. The summed E-state index contributed by atoms with van der Waals surface area (Å²) in [4.78, 5) is 12.9. The minimum Gasteiger partial charge on any atom is -0.478 e. The Morgan fingerprint density at radius 2 is 1.79 bits per heavy atom. The van der Waals surface area contributed by atoms with Crippen LogP contribution in [0.2, 0.25) is 0 Å². The zero-order valence-electron chi connectivity index (χ0n) is 16.4. The van der Waals surface area contributed by atoms with Crippen molar-refractivity contribution in [3.63, 3.8) is 0 Å². The van der Waals surface area contributed by atoms with Gasteiger partial charge in [0.25, 0.3) is 5.91 Å². The summed E-state index contributed by atoms with van der Waals surface area (Å²) in [5.74, 6) is 0.150. The molecule has 6 nitrogen and oxygen atoms in total. The minimum absolute atomic E-state index is 0.188. The predicted octanol–water partition coefficient (Wildman–Crippen LogP) is 2.74. The molecule has 0 saturated carbocycles. The van der Waals surface area contributed by atoms with E-state index in [1.165, 1.54) is 4.31 Å². The van der Waals surface area contributed by atoms with E-state index in [0.717, 1.165) is 11.8 Å². The van der Waals surface area contributed by atoms with Crippen LogP contribution in [-0.2, 0) is 21.2 Å². The molecule has 0 bridgehead atoms. The third-order valence-electron chi connectivity index (χ3n) is 4.64. The molecule has 0 fully saturated rings. The summed E-state index contributed by atoms with van der Waals surface area (Å²) in [5, 5.41) is 3.05. The van der Waals surface area contributed by atoms with E-state index in [4.69, 9.17) is 4.74 Å². The Kier molecular flexibility index (Phi) is 5.65. The van der Waals surface area contributed by atoms with Gasteiger partial charge in [0.05, 0.1) is 11.9 Å². The van der Waals surface area contributed by atoms with E-state index in [1.54, 1.807) is 24.3 Å². The molecule has 0 unspecified atom stereocenters. The Labute approximate surface area is 166 Å². The van der Waals surface area contributed by atoms with Crippen LogP contribution in [0.4, 0.5) is 5.69 Å². The van der Waals surface area contributed by atoms with Gasteiger partial charge in [0.15, 0.2) is 6.10 Å². The van der Waals surface area contributed by atoms with Gasteiger partial charge in [-0.15, -0.1) is 0 Å². The van der Waals surface area contributed by atoms with Crippen molar-refractivity contribution in [2.45, 2.75) is 38.3 Å². The van der Waals surface area contributed by atoms with E-state index in [9.17, 15) is 13.2 Å². The second kappa shape index (κ2) is 7.83. The van der Waals surface area contributed by atoms with Gasteiger partial charge in [0.2, 0.25) is 10.0 Å². The molecular weight excluding hydrogens is 376 g/mol. The number of carbonyl (C=O) groups excluding carboxylic acids is 1. The Morgan fingerprint density at radius 3 is 2.46 bits per heavy atom. The highest BCUT2D eigenvalue weighted by Crippen LogP contribution is 2.34. The highest BCUT2D eigenvalue weighted by molar-refractivity contribution is 7.92. The SMILES string of the molecule is CC(C)(Cc1ccccc1)NC(=O)[C@@H]1CCN(S(C)(=O)=O)c2ccccc2O1. The van der Waals surface area contributed by atoms with Crippen LogP contribution in [0.1, 0.15) is 25.8 Å². The average Bonchev–Trinajstić information content (AvgIpc) is 2.81. The summed E-state index contributed by atoms with van der Waals surface area (Å²) >= 11 is 0. The fraction of sp³-hybridized carbons (Fsp3) is 0.381. The van der Waals surface area contributed by atoms with Gasteiger partial charge in [-0.3, -0.25) is 9.10 Å². The molecule has 7 heteroatoms. The van der Waals surface area contributed by atoms with Gasteiger partial charge < -0.3 is 10.1 Å². The van der Waals surface area contributed by atoms with E-state index >= 15 is 0 Å². The lowest BCUT2D eigenvalue weighted by atomic mass is 9.94. The van der Waals surface area contributed by atoms with Crippen LogP contribution in [0.3, 0.4) is 0 Å². The molecule has 1 aliphatic rings. The molecule has 0 aromatic heterocycles. The maximum atomic E-state index is 12.9. The standard InChI is InChI=1S/C21H26N2O4S/c1-21(2,15-16-9-5-4-6-10-16)22-20(24)19-13-14-23(28(3,25)26)17-11-7-8-12-18(17)27-19/h4-12,19H,13-15H2,1-3H3,(H,22,24)/t19-/m0/s1. The number of fused-ring (bicyclic) bond motifs is 1. The highest BCUT2D eigenvalue weighted by atomic mass is 32.2. The number of hydrogen-bond acceptors (Lipinski definition) is 4. The van der Waals surface area contributed by atoms with E-state index < -0.39 is 21.7 Å². The predicted molar refractivity (Wildman–Crippen MR) is 110 cm³/mol. The zero-order chi connectivity index (χ0) is 20.4. The molecule has 1 heterocycles. The summed E-state index contributed by atoms with van der Waals surface area (Å²) in [5.41, 5.74) is 1.12. The number of sulfonamides is 1. The number of hydrogen-bond donors (Lipinski definition) is 1. The van der Waals surface area contributed by atoms with Gasteiger partial charge in [-0.2, -0.15) is 0 Å². The highest BCUT2D eigenvalue weighted by Gasteiger charge is 2.33. The smallest absolute Gasteiger partial charge is 0.261 e. The zero-order valence-corrected chi connectivity index (χ0v) is 17.2. The van der Waals surface area contributed by atoms with E-state index in [1.807, 2.05) is 44.2 Å². The molecule has 1 amide bonds. The van der Waals surface area contributed by atoms with Gasteiger partial charge in [-0.25, -0.2) is 8.42 Å². The van der Waals surface area contributed by atoms with Crippen LogP contribution < -0.4 is 14.4 Å². The van der Waals surface area contributed by atoms with E-state index in [-0.39, 0.29) is 18.9 Å². The van der Waals surface area contributed by atoms with Crippen molar-refractivity contribution < 1.29 is 17.9 Å². The second-order valence-electron chi connectivity index (χ2n) is 7.73. The van der Waals surface area contributed by atoms with E-state index in [0.29, 0.717) is 17.9 Å². The van der Waals surface area contributed by atoms with Crippen molar-refractivity contribution in [2.24, 2.45) is 0 Å².